The van der Waals surface area contributed by atoms with Gasteiger partial charge in [-0.1, -0.05) is 36.4 Å². The smallest absolute Gasteiger partial charge is 0.391 e. The average molecular weight is 350 g/mol. The summed E-state index contributed by atoms with van der Waals surface area (Å²) < 4.78 is 51.1. The van der Waals surface area contributed by atoms with Crippen molar-refractivity contribution in [2.75, 3.05) is 0 Å². The Morgan fingerprint density at radius 2 is 1.65 bits per heavy atom. The molecular formula is C16H16ClF4NO. The van der Waals surface area contributed by atoms with E-state index < -0.39 is 29.7 Å². The average Bonchev–Trinajstić information content (AvgIpc) is 2.46. The summed E-state index contributed by atoms with van der Waals surface area (Å²) >= 11 is 0. The highest BCUT2D eigenvalue weighted by Crippen LogP contribution is 2.32. The van der Waals surface area contributed by atoms with Gasteiger partial charge < -0.3 is 10.8 Å². The zero-order chi connectivity index (χ0) is 16.3. The van der Waals surface area contributed by atoms with Gasteiger partial charge in [0.15, 0.2) is 0 Å². The monoisotopic (exact) mass is 349 g/mol. The number of aliphatic hydroxyl groups excluding tert-OH is 1. The summed E-state index contributed by atoms with van der Waals surface area (Å²) in [5, 5.41) is 10.1. The first-order valence-electron chi connectivity index (χ1n) is 6.63. The maximum Gasteiger partial charge on any atom is 0.419 e. The molecule has 2 aromatic carbocycles. The van der Waals surface area contributed by atoms with E-state index in [1.165, 1.54) is 0 Å². The second-order valence-electron chi connectivity index (χ2n) is 5.02. The van der Waals surface area contributed by atoms with Crippen molar-refractivity contribution in [1.82, 2.24) is 0 Å². The number of alkyl halides is 3. The molecule has 0 heterocycles. The third kappa shape index (κ3) is 4.92. The largest absolute Gasteiger partial charge is 0.419 e. The minimum Gasteiger partial charge on any atom is -0.391 e. The van der Waals surface area contributed by atoms with E-state index in [2.05, 4.69) is 0 Å². The molecule has 0 aliphatic carbocycles. The van der Waals surface area contributed by atoms with Crippen molar-refractivity contribution in [2.45, 2.75) is 24.7 Å². The summed E-state index contributed by atoms with van der Waals surface area (Å²) in [7, 11) is 0. The molecule has 0 aromatic heterocycles. The van der Waals surface area contributed by atoms with Crippen LogP contribution in [0.3, 0.4) is 0 Å². The lowest BCUT2D eigenvalue weighted by Gasteiger charge is -2.20. The van der Waals surface area contributed by atoms with Gasteiger partial charge in [0.05, 0.1) is 17.7 Å². The summed E-state index contributed by atoms with van der Waals surface area (Å²) in [6, 6.07) is 10.5. The van der Waals surface area contributed by atoms with E-state index in [0.717, 1.165) is 17.7 Å². The van der Waals surface area contributed by atoms with Crippen molar-refractivity contribution in [3.63, 3.8) is 0 Å². The summed E-state index contributed by atoms with van der Waals surface area (Å²) in [5.41, 5.74) is 5.42. The van der Waals surface area contributed by atoms with Crippen molar-refractivity contribution in [3.8, 4) is 0 Å². The predicted octanol–water partition coefficient (Wildman–Crippen LogP) is 3.87. The van der Waals surface area contributed by atoms with E-state index in [4.69, 9.17) is 5.73 Å². The highest BCUT2D eigenvalue weighted by molar-refractivity contribution is 5.85. The molecule has 0 fully saturated rings. The van der Waals surface area contributed by atoms with Crippen LogP contribution in [0.5, 0.6) is 0 Å². The molecule has 0 amide bonds. The van der Waals surface area contributed by atoms with Crippen LogP contribution in [0.15, 0.2) is 48.5 Å². The maximum atomic E-state index is 13.5. The minimum absolute atomic E-state index is 0. The highest BCUT2D eigenvalue weighted by atomic mass is 35.5. The molecule has 0 saturated carbocycles. The molecule has 0 spiro atoms. The zero-order valence-electron chi connectivity index (χ0n) is 11.9. The SMILES string of the molecule is Cl.N[C@H](c1ccc(C(F)(F)F)c(F)c1)[C@@H](O)Cc1ccccc1. The van der Waals surface area contributed by atoms with Crippen LogP contribution in [0.1, 0.15) is 22.7 Å². The number of aliphatic hydroxyl groups is 1. The van der Waals surface area contributed by atoms with Crippen LogP contribution in [0, 0.1) is 5.82 Å². The van der Waals surface area contributed by atoms with E-state index in [1.54, 1.807) is 24.3 Å². The van der Waals surface area contributed by atoms with E-state index in [0.29, 0.717) is 6.07 Å². The van der Waals surface area contributed by atoms with Crippen LogP contribution in [0.4, 0.5) is 17.6 Å². The number of nitrogens with two attached hydrogens (primary N) is 1. The maximum absolute atomic E-state index is 13.5. The van der Waals surface area contributed by atoms with Crippen molar-refractivity contribution >= 4 is 12.4 Å². The van der Waals surface area contributed by atoms with Gasteiger partial charge in [-0.3, -0.25) is 0 Å². The highest BCUT2D eigenvalue weighted by Gasteiger charge is 2.34. The predicted molar refractivity (Wildman–Crippen MR) is 81.7 cm³/mol. The van der Waals surface area contributed by atoms with Crippen molar-refractivity contribution < 1.29 is 22.7 Å². The Morgan fingerprint density at radius 3 is 2.17 bits per heavy atom. The van der Waals surface area contributed by atoms with Crippen LogP contribution >= 0.6 is 12.4 Å². The van der Waals surface area contributed by atoms with Gasteiger partial charge in [-0.25, -0.2) is 4.39 Å². The van der Waals surface area contributed by atoms with Gasteiger partial charge in [0, 0.05) is 6.42 Å². The van der Waals surface area contributed by atoms with E-state index in [1.807, 2.05) is 6.07 Å². The summed E-state index contributed by atoms with van der Waals surface area (Å²) in [5.74, 6) is -1.40. The van der Waals surface area contributed by atoms with Gasteiger partial charge in [0.2, 0.25) is 0 Å². The Kier molecular flexibility index (Phi) is 6.56. The molecule has 0 aliphatic heterocycles. The number of halogens is 5. The Labute approximate surface area is 137 Å². The third-order valence-electron chi connectivity index (χ3n) is 3.39. The van der Waals surface area contributed by atoms with Crippen molar-refractivity contribution in [1.29, 1.82) is 0 Å². The third-order valence-corrected chi connectivity index (χ3v) is 3.39. The first-order valence-corrected chi connectivity index (χ1v) is 6.63. The fourth-order valence-electron chi connectivity index (χ4n) is 2.17. The molecule has 0 unspecified atom stereocenters. The van der Waals surface area contributed by atoms with Crippen molar-refractivity contribution in [3.05, 3.63) is 71.0 Å². The van der Waals surface area contributed by atoms with E-state index in [9.17, 15) is 22.7 Å². The lowest BCUT2D eigenvalue weighted by molar-refractivity contribution is -0.140. The topological polar surface area (TPSA) is 46.2 Å². The molecule has 3 N–H and O–H groups in total. The Hall–Kier alpha value is -1.63. The Morgan fingerprint density at radius 1 is 1.04 bits per heavy atom. The molecular weight excluding hydrogens is 334 g/mol. The van der Waals surface area contributed by atoms with Crippen LogP contribution < -0.4 is 5.73 Å². The molecule has 23 heavy (non-hydrogen) atoms. The van der Waals surface area contributed by atoms with Crippen LogP contribution in [0.25, 0.3) is 0 Å². The number of hydrogen-bond donors (Lipinski definition) is 2. The van der Waals surface area contributed by atoms with Gasteiger partial charge in [-0.15, -0.1) is 12.4 Å². The fourth-order valence-corrected chi connectivity index (χ4v) is 2.17. The first kappa shape index (κ1) is 19.4. The minimum atomic E-state index is -4.75. The van der Waals surface area contributed by atoms with Crippen LogP contribution in [-0.2, 0) is 12.6 Å². The molecule has 2 aromatic rings. The summed E-state index contributed by atoms with van der Waals surface area (Å²) in [6.45, 7) is 0. The van der Waals surface area contributed by atoms with E-state index >= 15 is 0 Å². The number of benzene rings is 2. The molecule has 7 heteroatoms. The zero-order valence-corrected chi connectivity index (χ0v) is 12.7. The van der Waals surface area contributed by atoms with Gasteiger partial charge >= 0.3 is 6.18 Å². The molecule has 0 aliphatic rings. The quantitative estimate of drug-likeness (QED) is 0.823. The number of hydrogen-bond acceptors (Lipinski definition) is 2. The molecule has 126 valence electrons. The lowest BCUT2D eigenvalue weighted by atomic mass is 9.96. The Balaban J connectivity index is 0.00000264. The molecule has 2 rings (SSSR count). The van der Waals surface area contributed by atoms with Gasteiger partial charge in [-0.2, -0.15) is 13.2 Å². The normalized spacial score (nSPS) is 14.0. The second-order valence-corrected chi connectivity index (χ2v) is 5.02. The molecule has 0 radical (unpaired) electrons. The summed E-state index contributed by atoms with van der Waals surface area (Å²) in [6.07, 6.45) is -5.56. The van der Waals surface area contributed by atoms with Crippen LogP contribution in [-0.4, -0.2) is 11.2 Å². The molecule has 2 nitrogen and oxygen atoms in total. The lowest BCUT2D eigenvalue weighted by Crippen LogP contribution is -2.28. The number of rotatable bonds is 4. The molecule has 0 bridgehead atoms. The standard InChI is InChI=1S/C16H15F4NO.ClH/c17-13-9-11(6-7-12(13)16(18,19)20)15(21)14(22)8-10-4-2-1-3-5-10;/h1-7,9,14-15,22H,8,21H2;1H/t14-,15+;/m0./s1. The van der Waals surface area contributed by atoms with E-state index in [-0.39, 0.29) is 24.4 Å². The van der Waals surface area contributed by atoms with Gasteiger partial charge in [0.1, 0.15) is 5.82 Å². The molecule has 2 atom stereocenters. The fraction of sp³-hybridized carbons (Fsp3) is 0.250. The first-order chi connectivity index (χ1) is 10.3. The summed E-state index contributed by atoms with van der Waals surface area (Å²) in [4.78, 5) is 0. The Bertz CT molecular complexity index is 634. The second kappa shape index (κ2) is 7.77. The van der Waals surface area contributed by atoms with Crippen molar-refractivity contribution in [2.24, 2.45) is 5.73 Å². The van der Waals surface area contributed by atoms with Gasteiger partial charge in [-0.05, 0) is 23.3 Å². The van der Waals surface area contributed by atoms with Gasteiger partial charge in [0.25, 0.3) is 0 Å². The van der Waals surface area contributed by atoms with Crippen LogP contribution in [0.2, 0.25) is 0 Å². The molecule has 0 saturated heterocycles.